The summed E-state index contributed by atoms with van der Waals surface area (Å²) in [6.07, 6.45) is -3.57. The van der Waals surface area contributed by atoms with Crippen LogP contribution >= 0.6 is 0 Å². The van der Waals surface area contributed by atoms with Gasteiger partial charge in [-0.3, -0.25) is 14.6 Å². The summed E-state index contributed by atoms with van der Waals surface area (Å²) in [6, 6.07) is -1.38. The van der Waals surface area contributed by atoms with Gasteiger partial charge in [0.05, 0.1) is 18.7 Å². The maximum atomic E-state index is 12.4. The van der Waals surface area contributed by atoms with Crippen molar-refractivity contribution in [2.24, 2.45) is 0 Å². The second-order valence-corrected chi connectivity index (χ2v) is 6.05. The molecule has 124 valence electrons. The van der Waals surface area contributed by atoms with Gasteiger partial charge in [-0.25, -0.2) is 4.79 Å². The molecule has 3 aliphatic rings. The summed E-state index contributed by atoms with van der Waals surface area (Å²) in [6.45, 7) is -0.308. The molecule has 3 aliphatic heterocycles. The quantitative estimate of drug-likeness (QED) is 0.717. The predicted molar refractivity (Wildman–Crippen MR) is 69.1 cm³/mol. The number of fused-ring (bicyclic) bond motifs is 1. The Morgan fingerprint density at radius 2 is 2.00 bits per heavy atom. The van der Waals surface area contributed by atoms with Crippen LogP contribution in [0.5, 0.6) is 0 Å². The van der Waals surface area contributed by atoms with Gasteiger partial charge in [-0.2, -0.15) is 13.2 Å². The topological polar surface area (TPSA) is 53.1 Å². The third-order valence-electron chi connectivity index (χ3n) is 4.59. The van der Waals surface area contributed by atoms with Crippen molar-refractivity contribution in [3.8, 4) is 0 Å². The van der Waals surface area contributed by atoms with Crippen molar-refractivity contribution >= 4 is 11.9 Å². The minimum atomic E-state index is -4.26. The summed E-state index contributed by atoms with van der Waals surface area (Å²) >= 11 is 0. The highest BCUT2D eigenvalue weighted by molar-refractivity contribution is 6.05. The van der Waals surface area contributed by atoms with Gasteiger partial charge in [0.15, 0.2) is 0 Å². The number of carbonyl (C=O) groups excluding carboxylic acids is 2. The summed E-state index contributed by atoms with van der Waals surface area (Å²) < 4.78 is 42.5. The van der Waals surface area contributed by atoms with Crippen LogP contribution < -0.4 is 0 Å². The SMILES string of the molecule is COC1CC2C(=O)N(C3CCN(CC(F)(F)F)C3)C(=O)N2C1. The number of hydrogen-bond donors (Lipinski definition) is 0. The zero-order chi connectivity index (χ0) is 16.1. The number of halogens is 3. The largest absolute Gasteiger partial charge is 0.401 e. The average Bonchev–Trinajstić information content (AvgIpc) is 3.07. The standard InChI is InChI=1S/C13H18F3N3O3/c1-22-9-4-10-11(20)19(12(21)18(10)6-9)8-2-3-17(5-8)7-13(14,15)16/h8-10H,2-7H2,1H3. The first-order valence-corrected chi connectivity index (χ1v) is 7.25. The molecule has 0 N–H and O–H groups in total. The number of amides is 3. The summed E-state index contributed by atoms with van der Waals surface area (Å²) in [7, 11) is 1.53. The van der Waals surface area contributed by atoms with Crippen LogP contribution in [0.1, 0.15) is 12.8 Å². The molecule has 3 amide bonds. The minimum Gasteiger partial charge on any atom is -0.380 e. The normalized spacial score (nSPS) is 33.2. The van der Waals surface area contributed by atoms with E-state index >= 15 is 0 Å². The van der Waals surface area contributed by atoms with E-state index in [4.69, 9.17) is 4.74 Å². The molecule has 9 heteroatoms. The molecule has 0 saturated carbocycles. The van der Waals surface area contributed by atoms with E-state index in [1.165, 1.54) is 16.9 Å². The number of methoxy groups -OCH3 is 1. The molecule has 3 saturated heterocycles. The van der Waals surface area contributed by atoms with Crippen molar-refractivity contribution < 1.29 is 27.5 Å². The molecule has 3 heterocycles. The van der Waals surface area contributed by atoms with Crippen molar-refractivity contribution in [3.05, 3.63) is 0 Å². The lowest BCUT2D eigenvalue weighted by atomic mass is 10.1. The summed E-state index contributed by atoms with van der Waals surface area (Å²) in [5.74, 6) is -0.302. The third kappa shape index (κ3) is 2.67. The second kappa shape index (κ2) is 5.38. The first kappa shape index (κ1) is 15.5. The van der Waals surface area contributed by atoms with E-state index in [-0.39, 0.29) is 25.1 Å². The predicted octanol–water partition coefficient (Wildman–Crippen LogP) is 0.674. The molecule has 0 radical (unpaired) electrons. The van der Waals surface area contributed by atoms with Crippen LogP contribution in [0.15, 0.2) is 0 Å². The lowest BCUT2D eigenvalue weighted by Crippen LogP contribution is -2.44. The van der Waals surface area contributed by atoms with Crippen LogP contribution in [0.2, 0.25) is 0 Å². The molecular weight excluding hydrogens is 303 g/mol. The Morgan fingerprint density at radius 3 is 2.59 bits per heavy atom. The third-order valence-corrected chi connectivity index (χ3v) is 4.59. The van der Waals surface area contributed by atoms with E-state index < -0.39 is 30.8 Å². The molecule has 0 aromatic rings. The number of rotatable bonds is 3. The van der Waals surface area contributed by atoms with E-state index in [0.29, 0.717) is 19.4 Å². The van der Waals surface area contributed by atoms with Crippen molar-refractivity contribution in [2.45, 2.75) is 37.2 Å². The molecule has 6 nitrogen and oxygen atoms in total. The van der Waals surface area contributed by atoms with Crippen molar-refractivity contribution in [1.82, 2.24) is 14.7 Å². The van der Waals surface area contributed by atoms with Gasteiger partial charge >= 0.3 is 12.2 Å². The molecule has 3 fully saturated rings. The van der Waals surface area contributed by atoms with Gasteiger partial charge in [0.25, 0.3) is 5.91 Å². The Labute approximate surface area is 125 Å². The Hall–Kier alpha value is -1.35. The molecule has 0 aromatic carbocycles. The van der Waals surface area contributed by atoms with E-state index in [0.717, 1.165) is 4.90 Å². The van der Waals surface area contributed by atoms with Gasteiger partial charge in [-0.15, -0.1) is 0 Å². The van der Waals surface area contributed by atoms with Gasteiger partial charge < -0.3 is 9.64 Å². The maximum absolute atomic E-state index is 12.4. The van der Waals surface area contributed by atoms with Crippen LogP contribution in [0.4, 0.5) is 18.0 Å². The fraction of sp³-hybridized carbons (Fsp3) is 0.846. The fourth-order valence-corrected chi connectivity index (χ4v) is 3.56. The lowest BCUT2D eigenvalue weighted by molar-refractivity contribution is -0.143. The summed E-state index contributed by atoms with van der Waals surface area (Å²) in [5, 5.41) is 0. The van der Waals surface area contributed by atoms with E-state index in [1.807, 2.05) is 0 Å². The maximum Gasteiger partial charge on any atom is 0.401 e. The van der Waals surface area contributed by atoms with Crippen LogP contribution in [0, 0.1) is 0 Å². The second-order valence-electron chi connectivity index (χ2n) is 6.05. The molecule has 22 heavy (non-hydrogen) atoms. The molecule has 3 unspecified atom stereocenters. The number of alkyl halides is 3. The van der Waals surface area contributed by atoms with Gasteiger partial charge in [0.2, 0.25) is 0 Å². The Balaban J connectivity index is 1.65. The number of imide groups is 1. The zero-order valence-electron chi connectivity index (χ0n) is 12.2. The number of likely N-dealkylation sites (tertiary alicyclic amines) is 1. The van der Waals surface area contributed by atoms with Gasteiger partial charge in [-0.05, 0) is 6.42 Å². The number of hydrogen-bond acceptors (Lipinski definition) is 4. The molecule has 0 aromatic heterocycles. The highest BCUT2D eigenvalue weighted by atomic mass is 19.4. The highest BCUT2D eigenvalue weighted by Crippen LogP contribution is 2.32. The molecule has 0 bridgehead atoms. The Morgan fingerprint density at radius 1 is 1.27 bits per heavy atom. The Bertz CT molecular complexity index is 461. The van der Waals surface area contributed by atoms with Crippen LogP contribution in [-0.2, 0) is 9.53 Å². The van der Waals surface area contributed by atoms with Crippen molar-refractivity contribution in [3.63, 3.8) is 0 Å². The Kier molecular flexibility index (Phi) is 3.80. The molecule has 3 rings (SSSR count). The van der Waals surface area contributed by atoms with Crippen molar-refractivity contribution in [2.75, 3.05) is 33.3 Å². The average molecular weight is 321 g/mol. The van der Waals surface area contributed by atoms with Crippen molar-refractivity contribution in [1.29, 1.82) is 0 Å². The first-order valence-electron chi connectivity index (χ1n) is 7.25. The van der Waals surface area contributed by atoms with Crippen LogP contribution in [-0.4, -0.2) is 84.3 Å². The number of carbonyl (C=O) groups is 2. The van der Waals surface area contributed by atoms with Crippen LogP contribution in [0.3, 0.4) is 0 Å². The summed E-state index contributed by atoms with van der Waals surface area (Å²) in [5.41, 5.74) is 0. The van der Waals surface area contributed by atoms with Gasteiger partial charge in [-0.1, -0.05) is 0 Å². The van der Waals surface area contributed by atoms with Gasteiger partial charge in [0.1, 0.15) is 6.04 Å². The van der Waals surface area contributed by atoms with Crippen LogP contribution in [0.25, 0.3) is 0 Å². The molecular formula is C13H18F3N3O3. The van der Waals surface area contributed by atoms with E-state index in [1.54, 1.807) is 0 Å². The molecule has 3 atom stereocenters. The minimum absolute atomic E-state index is 0.0885. The number of ether oxygens (including phenoxy) is 1. The zero-order valence-corrected chi connectivity index (χ0v) is 12.2. The molecule has 0 aliphatic carbocycles. The fourth-order valence-electron chi connectivity index (χ4n) is 3.56. The monoisotopic (exact) mass is 321 g/mol. The highest BCUT2D eigenvalue weighted by Gasteiger charge is 2.53. The lowest BCUT2D eigenvalue weighted by Gasteiger charge is -2.24. The number of nitrogens with zero attached hydrogens (tertiary/aromatic N) is 3. The number of urea groups is 1. The van der Waals surface area contributed by atoms with E-state index in [9.17, 15) is 22.8 Å². The van der Waals surface area contributed by atoms with Gasteiger partial charge in [0, 0.05) is 33.2 Å². The first-order chi connectivity index (χ1) is 10.3. The summed E-state index contributed by atoms with van der Waals surface area (Å²) in [4.78, 5) is 28.7. The van der Waals surface area contributed by atoms with E-state index in [2.05, 4.69) is 0 Å². The smallest absolute Gasteiger partial charge is 0.380 e. The molecule has 0 spiro atoms.